The molecule has 3 nitrogen and oxygen atoms in total. The van der Waals surface area contributed by atoms with Gasteiger partial charge in [0.1, 0.15) is 0 Å². The molecule has 0 aliphatic carbocycles. The van der Waals surface area contributed by atoms with Crippen LogP contribution in [0.1, 0.15) is 24.1 Å². The van der Waals surface area contributed by atoms with Crippen molar-refractivity contribution in [2.75, 3.05) is 0 Å². The van der Waals surface area contributed by atoms with E-state index in [1.54, 1.807) is 12.1 Å². The van der Waals surface area contributed by atoms with E-state index < -0.39 is 0 Å². The van der Waals surface area contributed by atoms with E-state index in [1.807, 2.05) is 49.4 Å². The van der Waals surface area contributed by atoms with Crippen LogP contribution in [-0.4, -0.2) is 11.0 Å². The molecule has 0 aliphatic rings. The van der Waals surface area contributed by atoms with Gasteiger partial charge in [-0.1, -0.05) is 58.4 Å². The fourth-order valence-corrected chi connectivity index (χ4v) is 2.26. The van der Waals surface area contributed by atoms with Gasteiger partial charge in [0.05, 0.1) is 17.9 Å². The van der Waals surface area contributed by atoms with E-state index in [0.717, 1.165) is 16.3 Å². The maximum Gasteiger partial charge on any atom is 0.255 e. The quantitative estimate of drug-likeness (QED) is 0.643. The molecular formula is C17H16BrNO2. The summed E-state index contributed by atoms with van der Waals surface area (Å²) in [6.45, 7) is 1.91. The molecule has 2 aromatic rings. The van der Waals surface area contributed by atoms with Crippen molar-refractivity contribution in [1.82, 2.24) is 5.32 Å². The van der Waals surface area contributed by atoms with Crippen molar-refractivity contribution >= 4 is 27.4 Å². The van der Waals surface area contributed by atoms with Crippen molar-refractivity contribution < 1.29 is 9.90 Å². The largest absolute Gasteiger partial charge is 0.515 e. The Morgan fingerprint density at radius 1 is 1.14 bits per heavy atom. The van der Waals surface area contributed by atoms with E-state index in [4.69, 9.17) is 0 Å². The summed E-state index contributed by atoms with van der Waals surface area (Å²) in [6.07, 6.45) is 0.844. The summed E-state index contributed by atoms with van der Waals surface area (Å²) in [5.41, 5.74) is 1.92. The molecule has 0 spiro atoms. The molecule has 1 atom stereocenters. The zero-order valence-electron chi connectivity index (χ0n) is 11.6. The molecule has 2 aromatic carbocycles. The van der Waals surface area contributed by atoms with E-state index >= 15 is 0 Å². The number of hydrogen-bond donors (Lipinski definition) is 2. The highest BCUT2D eigenvalue weighted by atomic mass is 79.9. The fourth-order valence-electron chi connectivity index (χ4n) is 1.99. The lowest BCUT2D eigenvalue weighted by molar-refractivity contribution is -0.116. The third-order valence-electron chi connectivity index (χ3n) is 3.18. The minimum atomic E-state index is -0.309. The number of nitrogens with one attached hydrogen (secondary N) is 1. The zero-order valence-corrected chi connectivity index (χ0v) is 13.2. The van der Waals surface area contributed by atoms with E-state index in [0.29, 0.717) is 5.56 Å². The smallest absolute Gasteiger partial charge is 0.255 e. The summed E-state index contributed by atoms with van der Waals surface area (Å²) in [5, 5.41) is 12.2. The van der Waals surface area contributed by atoms with Crippen molar-refractivity contribution in [2.45, 2.75) is 13.0 Å². The summed E-state index contributed by atoms with van der Waals surface area (Å²) in [6, 6.07) is 16.8. The van der Waals surface area contributed by atoms with Crippen LogP contribution in [-0.2, 0) is 4.79 Å². The van der Waals surface area contributed by atoms with Crippen LogP contribution in [0.4, 0.5) is 0 Å². The Hall–Kier alpha value is -2.07. The summed E-state index contributed by atoms with van der Waals surface area (Å²) < 4.78 is 0.918. The first-order chi connectivity index (χ1) is 10.1. The molecule has 0 aliphatic heterocycles. The van der Waals surface area contributed by atoms with Crippen molar-refractivity contribution in [3.8, 4) is 0 Å². The van der Waals surface area contributed by atoms with Gasteiger partial charge in [-0.15, -0.1) is 0 Å². The minimum Gasteiger partial charge on any atom is -0.515 e. The van der Waals surface area contributed by atoms with E-state index in [2.05, 4.69) is 21.2 Å². The second kappa shape index (κ2) is 7.09. The summed E-state index contributed by atoms with van der Waals surface area (Å²) in [4.78, 5) is 12.3. The Morgan fingerprint density at radius 2 is 1.76 bits per heavy atom. The van der Waals surface area contributed by atoms with E-state index in [-0.39, 0.29) is 17.5 Å². The number of hydrogen-bond acceptors (Lipinski definition) is 2. The van der Waals surface area contributed by atoms with Crippen molar-refractivity contribution in [2.24, 2.45) is 0 Å². The molecule has 0 saturated carbocycles. The zero-order chi connectivity index (χ0) is 15.2. The van der Waals surface area contributed by atoms with Crippen LogP contribution in [0.25, 0.3) is 5.57 Å². The molecule has 0 heterocycles. The Kier molecular flexibility index (Phi) is 5.17. The summed E-state index contributed by atoms with van der Waals surface area (Å²) in [7, 11) is 0. The molecule has 1 amide bonds. The van der Waals surface area contributed by atoms with Crippen LogP contribution < -0.4 is 5.32 Å². The Morgan fingerprint density at radius 3 is 2.33 bits per heavy atom. The minimum absolute atomic E-state index is 0.135. The molecule has 21 heavy (non-hydrogen) atoms. The van der Waals surface area contributed by atoms with Crippen LogP contribution in [0.5, 0.6) is 0 Å². The normalized spacial score (nSPS) is 12.8. The van der Waals surface area contributed by atoms with Gasteiger partial charge in [-0.05, 0) is 30.2 Å². The molecule has 4 heteroatoms. The van der Waals surface area contributed by atoms with E-state index in [9.17, 15) is 9.90 Å². The van der Waals surface area contributed by atoms with Gasteiger partial charge in [0.15, 0.2) is 0 Å². The highest BCUT2D eigenvalue weighted by Gasteiger charge is 2.15. The van der Waals surface area contributed by atoms with E-state index in [1.165, 1.54) is 0 Å². The lowest BCUT2D eigenvalue weighted by Gasteiger charge is -2.15. The number of aliphatic hydroxyl groups is 1. The fraction of sp³-hybridized carbons (Fsp3) is 0.118. The van der Waals surface area contributed by atoms with Crippen LogP contribution in [0, 0.1) is 0 Å². The average Bonchev–Trinajstić information content (AvgIpc) is 2.50. The average molecular weight is 346 g/mol. The van der Waals surface area contributed by atoms with Crippen molar-refractivity contribution in [1.29, 1.82) is 0 Å². The van der Waals surface area contributed by atoms with Gasteiger partial charge in [-0.2, -0.15) is 0 Å². The number of rotatable bonds is 4. The Bertz CT molecular complexity index is 636. The first-order valence-electron chi connectivity index (χ1n) is 6.58. The first kappa shape index (κ1) is 15.3. The first-order valence-corrected chi connectivity index (χ1v) is 7.37. The highest BCUT2D eigenvalue weighted by Crippen LogP contribution is 2.19. The Labute approximate surface area is 132 Å². The van der Waals surface area contributed by atoms with Gasteiger partial charge < -0.3 is 10.4 Å². The molecule has 0 bridgehead atoms. The molecule has 0 saturated heterocycles. The lowest BCUT2D eigenvalue weighted by Crippen LogP contribution is -2.27. The van der Waals surface area contributed by atoms with Gasteiger partial charge in [0.2, 0.25) is 0 Å². The SMILES string of the molecule is C[C@@H](NC(=O)C(=CO)c1ccc(Br)cc1)c1ccccc1. The molecule has 2 rings (SSSR count). The van der Waals surface area contributed by atoms with Crippen LogP contribution in [0.3, 0.4) is 0 Å². The van der Waals surface area contributed by atoms with Crippen LogP contribution in [0.15, 0.2) is 65.3 Å². The number of benzene rings is 2. The van der Waals surface area contributed by atoms with Gasteiger partial charge in [0.25, 0.3) is 5.91 Å². The second-order valence-electron chi connectivity index (χ2n) is 4.66. The topological polar surface area (TPSA) is 49.3 Å². The van der Waals surface area contributed by atoms with Gasteiger partial charge in [0, 0.05) is 4.47 Å². The molecular weight excluding hydrogens is 330 g/mol. The van der Waals surface area contributed by atoms with Crippen molar-refractivity contribution in [3.05, 3.63) is 76.5 Å². The summed E-state index contributed by atoms with van der Waals surface area (Å²) >= 11 is 3.34. The molecule has 108 valence electrons. The van der Waals surface area contributed by atoms with Crippen LogP contribution in [0.2, 0.25) is 0 Å². The van der Waals surface area contributed by atoms with Gasteiger partial charge in [-0.25, -0.2) is 0 Å². The molecule has 0 unspecified atom stereocenters. The third-order valence-corrected chi connectivity index (χ3v) is 3.70. The lowest BCUT2D eigenvalue weighted by atomic mass is 10.0. The Balaban J connectivity index is 2.13. The molecule has 2 N–H and O–H groups in total. The van der Waals surface area contributed by atoms with Crippen molar-refractivity contribution in [3.63, 3.8) is 0 Å². The maximum absolute atomic E-state index is 12.3. The molecule has 0 aromatic heterocycles. The van der Waals surface area contributed by atoms with Gasteiger partial charge >= 0.3 is 0 Å². The maximum atomic E-state index is 12.3. The molecule has 0 fully saturated rings. The van der Waals surface area contributed by atoms with Crippen LogP contribution >= 0.6 is 15.9 Å². The number of aliphatic hydroxyl groups excluding tert-OH is 1. The number of carbonyl (C=O) groups is 1. The highest BCUT2D eigenvalue weighted by molar-refractivity contribution is 9.10. The third kappa shape index (κ3) is 3.95. The second-order valence-corrected chi connectivity index (χ2v) is 5.57. The predicted molar refractivity (Wildman–Crippen MR) is 87.7 cm³/mol. The monoisotopic (exact) mass is 345 g/mol. The predicted octanol–water partition coefficient (Wildman–Crippen LogP) is 4.23. The molecule has 0 radical (unpaired) electrons. The van der Waals surface area contributed by atoms with Gasteiger partial charge in [-0.3, -0.25) is 4.79 Å². The number of carbonyl (C=O) groups excluding carboxylic acids is 1. The standard InChI is InChI=1S/C17H16BrNO2/c1-12(13-5-3-2-4-6-13)19-17(21)16(11-20)14-7-9-15(18)10-8-14/h2-12,20H,1H3,(H,19,21)/t12-/m1/s1. The summed E-state index contributed by atoms with van der Waals surface area (Å²) in [5.74, 6) is -0.309. The number of amides is 1. The number of halogens is 1.